The topological polar surface area (TPSA) is 110 Å². The molecule has 1 heterocycles. The second-order valence-electron chi connectivity index (χ2n) is 8.19. The summed E-state index contributed by atoms with van der Waals surface area (Å²) in [5, 5.41) is 19.2. The van der Waals surface area contributed by atoms with Gasteiger partial charge in [-0.05, 0) is 48.4 Å². The van der Waals surface area contributed by atoms with Crippen molar-refractivity contribution in [1.29, 1.82) is 0 Å². The van der Waals surface area contributed by atoms with Crippen LogP contribution >= 0.6 is 17.0 Å². The summed E-state index contributed by atoms with van der Waals surface area (Å²) in [5.74, 6) is -0.993. The molecule has 1 aliphatic heterocycles. The third-order valence-corrected chi connectivity index (χ3v) is 7.35. The fourth-order valence-electron chi connectivity index (χ4n) is 4.03. The molecule has 1 aliphatic rings. The zero-order chi connectivity index (χ0) is 24.1. The van der Waals surface area contributed by atoms with E-state index in [1.165, 1.54) is 12.1 Å². The first-order chi connectivity index (χ1) is 16.3. The number of hydrogen-bond acceptors (Lipinski definition) is 6. The molecule has 8 nitrogen and oxygen atoms in total. The molecule has 0 radical (unpaired) electrons. The van der Waals surface area contributed by atoms with Crippen molar-refractivity contribution in [3.8, 4) is 5.75 Å². The molecular weight excluding hydrogens is 534 g/mol. The average Bonchev–Trinajstić information content (AvgIpc) is 2.84. The van der Waals surface area contributed by atoms with E-state index in [2.05, 4.69) is 14.5 Å². The van der Waals surface area contributed by atoms with Gasteiger partial charge in [-0.2, -0.15) is 4.72 Å². The van der Waals surface area contributed by atoms with E-state index in [1.807, 2.05) is 18.2 Å². The fourth-order valence-corrected chi connectivity index (χ4v) is 5.22. The number of anilines is 2. The number of benzene rings is 3. The van der Waals surface area contributed by atoms with Crippen LogP contribution in [0.3, 0.4) is 0 Å². The molecule has 0 aromatic heterocycles. The maximum atomic E-state index is 12.8. The number of rotatable bonds is 8. The van der Waals surface area contributed by atoms with E-state index in [0.29, 0.717) is 0 Å². The Morgan fingerprint density at radius 1 is 0.857 bits per heavy atom. The summed E-state index contributed by atoms with van der Waals surface area (Å²) >= 11 is 0. The molecule has 186 valence electrons. The second-order valence-corrected chi connectivity index (χ2v) is 9.90. The maximum Gasteiger partial charge on any atom is 0.322 e. The van der Waals surface area contributed by atoms with Crippen LogP contribution in [0.25, 0.3) is 0 Å². The monoisotopic (exact) mass is 561 g/mol. The molecule has 0 spiro atoms. The number of aliphatic carboxylic acids is 1. The van der Waals surface area contributed by atoms with Crippen molar-refractivity contribution < 1.29 is 23.4 Å². The minimum atomic E-state index is -4.00. The Kier molecular flexibility index (Phi) is 8.76. The molecule has 0 unspecified atom stereocenters. The zero-order valence-corrected chi connectivity index (χ0v) is 21.5. The minimum absolute atomic E-state index is 0. The number of aromatic hydroxyl groups is 1. The van der Waals surface area contributed by atoms with Gasteiger partial charge in [-0.25, -0.2) is 8.42 Å². The molecule has 3 aromatic carbocycles. The maximum absolute atomic E-state index is 12.8. The number of nitrogens with one attached hydrogen (secondary N) is 1. The standard InChI is InChI=1S/C25H27N3O5S.BrH/c29-22-8-4-7-21(18-22)28-15-13-27(14-16-28)20-9-11-23(12-10-20)34(32,33)26-24(25(30)31)17-19-5-2-1-3-6-19;/h1-12,18,24,26,29H,13-17H2,(H,30,31);1H/t24-;/m0./s1. The molecule has 10 heteroatoms. The third-order valence-electron chi connectivity index (χ3n) is 5.86. The van der Waals surface area contributed by atoms with Crippen molar-refractivity contribution in [1.82, 2.24) is 4.72 Å². The Labute approximate surface area is 215 Å². The van der Waals surface area contributed by atoms with Crippen LogP contribution < -0.4 is 14.5 Å². The lowest BCUT2D eigenvalue weighted by Gasteiger charge is -2.37. The number of phenolic OH excluding ortho intramolecular Hbond substituents is 1. The Balaban J connectivity index is 0.00000342. The van der Waals surface area contributed by atoms with Gasteiger partial charge < -0.3 is 20.0 Å². The van der Waals surface area contributed by atoms with Crippen molar-refractivity contribution in [3.05, 3.63) is 84.4 Å². The van der Waals surface area contributed by atoms with Crippen molar-refractivity contribution in [2.24, 2.45) is 0 Å². The minimum Gasteiger partial charge on any atom is -0.508 e. The zero-order valence-electron chi connectivity index (χ0n) is 18.9. The molecular formula is C25H28BrN3O5S. The molecule has 1 fully saturated rings. The van der Waals surface area contributed by atoms with Gasteiger partial charge in [0.1, 0.15) is 11.8 Å². The molecule has 0 saturated carbocycles. The lowest BCUT2D eigenvalue weighted by molar-refractivity contribution is -0.138. The van der Waals surface area contributed by atoms with Crippen molar-refractivity contribution in [2.45, 2.75) is 17.4 Å². The first-order valence-corrected chi connectivity index (χ1v) is 12.5. The fraction of sp³-hybridized carbons (Fsp3) is 0.240. The lowest BCUT2D eigenvalue weighted by Crippen LogP contribution is -2.46. The number of carboxylic acid groups (broad SMARTS) is 1. The first kappa shape index (κ1) is 26.5. The molecule has 35 heavy (non-hydrogen) atoms. The predicted molar refractivity (Wildman–Crippen MR) is 141 cm³/mol. The van der Waals surface area contributed by atoms with Gasteiger partial charge in [0.25, 0.3) is 0 Å². The highest BCUT2D eigenvalue weighted by atomic mass is 79.9. The number of halogens is 1. The number of carbonyl (C=O) groups is 1. The summed E-state index contributed by atoms with van der Waals surface area (Å²) in [5.41, 5.74) is 2.60. The molecule has 3 aromatic rings. The molecule has 4 rings (SSSR count). The number of carboxylic acids is 1. The lowest BCUT2D eigenvalue weighted by atomic mass is 10.1. The summed E-state index contributed by atoms with van der Waals surface area (Å²) in [6.45, 7) is 3.03. The Morgan fingerprint density at radius 3 is 2.03 bits per heavy atom. The molecule has 0 bridgehead atoms. The number of sulfonamides is 1. The summed E-state index contributed by atoms with van der Waals surface area (Å²) in [4.78, 5) is 16.0. The van der Waals surface area contributed by atoms with Gasteiger partial charge in [-0.3, -0.25) is 4.79 Å². The van der Waals surface area contributed by atoms with E-state index >= 15 is 0 Å². The van der Waals surface area contributed by atoms with E-state index in [0.717, 1.165) is 43.1 Å². The average molecular weight is 562 g/mol. The van der Waals surface area contributed by atoms with Crippen LogP contribution in [0, 0.1) is 0 Å². The van der Waals surface area contributed by atoms with Crippen LogP contribution in [0.1, 0.15) is 5.56 Å². The molecule has 0 amide bonds. The highest BCUT2D eigenvalue weighted by Gasteiger charge is 2.26. The molecule has 1 atom stereocenters. The van der Waals surface area contributed by atoms with Gasteiger partial charge in [0.2, 0.25) is 10.0 Å². The van der Waals surface area contributed by atoms with Crippen LogP contribution in [-0.2, 0) is 21.2 Å². The normalized spacial score (nSPS) is 14.7. The van der Waals surface area contributed by atoms with Gasteiger partial charge in [0, 0.05) is 43.6 Å². The molecule has 3 N–H and O–H groups in total. The van der Waals surface area contributed by atoms with E-state index < -0.39 is 22.0 Å². The first-order valence-electron chi connectivity index (χ1n) is 11.0. The third kappa shape index (κ3) is 6.74. The Morgan fingerprint density at radius 2 is 1.46 bits per heavy atom. The summed E-state index contributed by atoms with van der Waals surface area (Å²) < 4.78 is 28.0. The Bertz CT molecular complexity index is 1230. The smallest absolute Gasteiger partial charge is 0.322 e. The van der Waals surface area contributed by atoms with Gasteiger partial charge in [-0.1, -0.05) is 36.4 Å². The van der Waals surface area contributed by atoms with Gasteiger partial charge >= 0.3 is 5.97 Å². The van der Waals surface area contributed by atoms with Crippen molar-refractivity contribution in [2.75, 3.05) is 36.0 Å². The van der Waals surface area contributed by atoms with Crippen molar-refractivity contribution in [3.63, 3.8) is 0 Å². The Hall–Kier alpha value is -3.08. The summed E-state index contributed by atoms with van der Waals surface area (Å²) in [6.07, 6.45) is 0.0525. The SMILES string of the molecule is Br.O=C(O)[C@H](Cc1ccccc1)NS(=O)(=O)c1ccc(N2CCN(c3cccc(O)c3)CC2)cc1. The van der Waals surface area contributed by atoms with Crippen LogP contribution in [0.15, 0.2) is 83.8 Å². The highest BCUT2D eigenvalue weighted by molar-refractivity contribution is 8.93. The number of nitrogens with zero attached hydrogens (tertiary/aromatic N) is 2. The quantitative estimate of drug-likeness (QED) is 0.387. The van der Waals surface area contributed by atoms with E-state index in [4.69, 9.17) is 0 Å². The number of phenols is 1. The van der Waals surface area contributed by atoms with Gasteiger partial charge in [0.15, 0.2) is 0 Å². The number of hydrogen-bond donors (Lipinski definition) is 3. The molecule has 1 saturated heterocycles. The highest BCUT2D eigenvalue weighted by Crippen LogP contribution is 2.24. The van der Waals surface area contributed by atoms with Crippen LogP contribution in [-0.4, -0.2) is 56.8 Å². The number of piperazine rings is 1. The van der Waals surface area contributed by atoms with Gasteiger partial charge in [0.05, 0.1) is 4.90 Å². The van der Waals surface area contributed by atoms with E-state index in [1.54, 1.807) is 48.5 Å². The van der Waals surface area contributed by atoms with Crippen molar-refractivity contribution >= 4 is 44.3 Å². The van der Waals surface area contributed by atoms with Crippen LogP contribution in [0.2, 0.25) is 0 Å². The van der Waals surface area contributed by atoms with Crippen LogP contribution in [0.4, 0.5) is 11.4 Å². The summed E-state index contributed by atoms with van der Waals surface area (Å²) in [6, 6.07) is 21.3. The van der Waals surface area contributed by atoms with E-state index in [-0.39, 0.29) is 34.0 Å². The second kappa shape index (κ2) is 11.6. The van der Waals surface area contributed by atoms with Crippen LogP contribution in [0.5, 0.6) is 5.75 Å². The van der Waals surface area contributed by atoms with Gasteiger partial charge in [-0.15, -0.1) is 17.0 Å². The predicted octanol–water partition coefficient (Wildman–Crippen LogP) is 3.27. The van der Waals surface area contributed by atoms with E-state index in [9.17, 15) is 23.4 Å². The largest absolute Gasteiger partial charge is 0.508 e. The summed E-state index contributed by atoms with van der Waals surface area (Å²) in [7, 11) is -4.00. The molecule has 0 aliphatic carbocycles.